The van der Waals surface area contributed by atoms with Crippen LogP contribution in [0.3, 0.4) is 0 Å². The van der Waals surface area contributed by atoms with Gasteiger partial charge in [-0.15, -0.1) is 0 Å². The molecule has 0 bridgehead atoms. The number of nitriles is 1. The highest BCUT2D eigenvalue weighted by Crippen LogP contribution is 2.25. The van der Waals surface area contributed by atoms with Gasteiger partial charge in [0.2, 0.25) is 0 Å². The van der Waals surface area contributed by atoms with Crippen LogP contribution in [0.15, 0.2) is 24.3 Å². The third-order valence-electron chi connectivity index (χ3n) is 2.90. The second-order valence-electron chi connectivity index (χ2n) is 4.64. The summed E-state index contributed by atoms with van der Waals surface area (Å²) in [6.45, 7) is 2.82. The number of nitro groups is 1. The van der Waals surface area contributed by atoms with Crippen molar-refractivity contribution in [2.45, 2.75) is 19.4 Å². The maximum atomic E-state index is 11.9. The zero-order valence-corrected chi connectivity index (χ0v) is 11.5. The van der Waals surface area contributed by atoms with Crippen LogP contribution in [0.4, 0.5) is 5.69 Å². The number of likely N-dealkylation sites (N-methyl/N-ethyl adjacent to an activating group) is 1. The lowest BCUT2D eigenvalue weighted by molar-refractivity contribution is -0.385. The van der Waals surface area contributed by atoms with E-state index in [0.29, 0.717) is 0 Å². The van der Waals surface area contributed by atoms with E-state index >= 15 is 0 Å². The second-order valence-corrected chi connectivity index (χ2v) is 4.64. The Labute approximate surface area is 116 Å². The molecule has 0 atom stereocenters. The Morgan fingerprint density at radius 3 is 2.65 bits per heavy atom. The molecule has 0 aliphatic carbocycles. The molecule has 0 unspecified atom stereocenters. The first kappa shape index (κ1) is 15.4. The largest absolute Gasteiger partial charge is 0.477 e. The van der Waals surface area contributed by atoms with E-state index in [1.54, 1.807) is 19.9 Å². The van der Waals surface area contributed by atoms with E-state index in [-0.39, 0.29) is 18.0 Å². The summed E-state index contributed by atoms with van der Waals surface area (Å²) in [7, 11) is 1.48. The first-order valence-corrected chi connectivity index (χ1v) is 5.83. The van der Waals surface area contributed by atoms with Gasteiger partial charge in [0.1, 0.15) is 5.54 Å². The van der Waals surface area contributed by atoms with Crippen LogP contribution in [0.25, 0.3) is 0 Å². The lowest BCUT2D eigenvalue weighted by Crippen LogP contribution is -2.45. The minimum absolute atomic E-state index is 0.0222. The predicted octanol–water partition coefficient (Wildman–Crippen LogP) is 1.73. The van der Waals surface area contributed by atoms with Crippen molar-refractivity contribution in [2.24, 2.45) is 0 Å². The first-order valence-electron chi connectivity index (χ1n) is 5.83. The van der Waals surface area contributed by atoms with E-state index in [1.165, 1.54) is 30.1 Å². The van der Waals surface area contributed by atoms with Crippen LogP contribution in [-0.2, 0) is 4.79 Å². The summed E-state index contributed by atoms with van der Waals surface area (Å²) < 4.78 is 5.18. The molecule has 20 heavy (non-hydrogen) atoms. The quantitative estimate of drug-likeness (QED) is 0.603. The normalized spacial score (nSPS) is 10.5. The minimum Gasteiger partial charge on any atom is -0.477 e. The molecule has 0 radical (unpaired) electrons. The number of rotatable bonds is 5. The lowest BCUT2D eigenvalue weighted by Gasteiger charge is -2.28. The summed E-state index contributed by atoms with van der Waals surface area (Å²) in [4.78, 5) is 23.3. The number of para-hydroxylation sites is 2. The molecule has 0 saturated carbocycles. The molecule has 7 heteroatoms. The molecule has 0 aliphatic heterocycles. The Bertz CT molecular complexity index is 563. The van der Waals surface area contributed by atoms with Crippen LogP contribution in [0.1, 0.15) is 13.8 Å². The average molecular weight is 277 g/mol. The molecular formula is C13H15N3O4. The van der Waals surface area contributed by atoms with Crippen molar-refractivity contribution in [3.8, 4) is 11.8 Å². The molecule has 1 rings (SSSR count). The molecule has 0 spiro atoms. The molecule has 106 valence electrons. The van der Waals surface area contributed by atoms with Gasteiger partial charge in [-0.3, -0.25) is 14.9 Å². The van der Waals surface area contributed by atoms with Gasteiger partial charge in [-0.25, -0.2) is 0 Å². The van der Waals surface area contributed by atoms with Crippen LogP contribution < -0.4 is 4.74 Å². The van der Waals surface area contributed by atoms with E-state index < -0.39 is 16.4 Å². The SMILES string of the molecule is CN(C(=O)COc1ccccc1[N+](=O)[O-])C(C)(C)C#N. The summed E-state index contributed by atoms with van der Waals surface area (Å²) in [5.74, 6) is -0.413. The predicted molar refractivity (Wildman–Crippen MR) is 71.1 cm³/mol. The zero-order valence-electron chi connectivity index (χ0n) is 11.5. The number of amides is 1. The number of carbonyl (C=O) groups excluding carboxylic acids is 1. The number of hydrogen-bond donors (Lipinski definition) is 0. The van der Waals surface area contributed by atoms with Gasteiger partial charge in [0.15, 0.2) is 12.4 Å². The number of hydrogen-bond acceptors (Lipinski definition) is 5. The molecule has 0 N–H and O–H groups in total. The smallest absolute Gasteiger partial charge is 0.310 e. The Hall–Kier alpha value is -2.62. The molecule has 0 aliphatic rings. The topological polar surface area (TPSA) is 96.5 Å². The van der Waals surface area contributed by atoms with E-state index in [4.69, 9.17) is 10.00 Å². The van der Waals surface area contributed by atoms with Crippen LogP contribution in [-0.4, -0.2) is 34.9 Å². The Kier molecular flexibility index (Phi) is 4.64. The van der Waals surface area contributed by atoms with Gasteiger partial charge in [-0.1, -0.05) is 12.1 Å². The molecule has 0 saturated heterocycles. The van der Waals surface area contributed by atoms with Gasteiger partial charge in [0.25, 0.3) is 5.91 Å². The molecule has 1 aromatic carbocycles. The van der Waals surface area contributed by atoms with Gasteiger partial charge in [0.05, 0.1) is 11.0 Å². The Morgan fingerprint density at radius 2 is 2.10 bits per heavy atom. The number of ether oxygens (including phenoxy) is 1. The maximum absolute atomic E-state index is 11.9. The van der Waals surface area contributed by atoms with Gasteiger partial charge in [0, 0.05) is 13.1 Å². The molecule has 0 aromatic heterocycles. The van der Waals surface area contributed by atoms with Crippen LogP contribution >= 0.6 is 0 Å². The molecule has 7 nitrogen and oxygen atoms in total. The highest BCUT2D eigenvalue weighted by atomic mass is 16.6. The molecular weight excluding hydrogens is 262 g/mol. The number of nitro benzene ring substituents is 1. The second kappa shape index (κ2) is 6.02. The van der Waals surface area contributed by atoms with Crippen LogP contribution in [0.2, 0.25) is 0 Å². The monoisotopic (exact) mass is 277 g/mol. The van der Waals surface area contributed by atoms with Gasteiger partial charge >= 0.3 is 5.69 Å². The Morgan fingerprint density at radius 1 is 1.50 bits per heavy atom. The van der Waals surface area contributed by atoms with Crippen molar-refractivity contribution >= 4 is 11.6 Å². The summed E-state index contributed by atoms with van der Waals surface area (Å²) in [5, 5.41) is 19.7. The molecule has 1 amide bonds. The van der Waals surface area contributed by atoms with Crippen molar-refractivity contribution in [1.82, 2.24) is 4.90 Å². The molecule has 1 aromatic rings. The van der Waals surface area contributed by atoms with Crippen molar-refractivity contribution in [2.75, 3.05) is 13.7 Å². The average Bonchev–Trinajstić information content (AvgIpc) is 2.43. The summed E-state index contributed by atoms with van der Waals surface area (Å²) in [5.41, 5.74) is -1.18. The number of nitrogens with zero attached hydrogens (tertiary/aromatic N) is 3. The van der Waals surface area contributed by atoms with Crippen molar-refractivity contribution < 1.29 is 14.5 Å². The third-order valence-corrected chi connectivity index (χ3v) is 2.90. The van der Waals surface area contributed by atoms with Crippen molar-refractivity contribution in [3.05, 3.63) is 34.4 Å². The van der Waals surface area contributed by atoms with E-state index in [0.717, 1.165) is 0 Å². The van der Waals surface area contributed by atoms with Crippen molar-refractivity contribution in [1.29, 1.82) is 5.26 Å². The van der Waals surface area contributed by atoms with E-state index in [9.17, 15) is 14.9 Å². The summed E-state index contributed by atoms with van der Waals surface area (Å²) in [6, 6.07) is 7.79. The van der Waals surface area contributed by atoms with Gasteiger partial charge < -0.3 is 9.64 Å². The highest BCUT2D eigenvalue weighted by molar-refractivity contribution is 5.78. The standard InChI is InChI=1S/C13H15N3O4/c1-13(2,9-14)15(3)12(17)8-20-11-7-5-4-6-10(11)16(18)19/h4-7H,8H2,1-3H3. The van der Waals surface area contributed by atoms with E-state index in [1.807, 2.05) is 6.07 Å². The fraction of sp³-hybridized carbons (Fsp3) is 0.385. The fourth-order valence-electron chi connectivity index (χ4n) is 1.35. The summed E-state index contributed by atoms with van der Waals surface area (Å²) in [6.07, 6.45) is 0. The maximum Gasteiger partial charge on any atom is 0.310 e. The van der Waals surface area contributed by atoms with Crippen molar-refractivity contribution in [3.63, 3.8) is 0 Å². The Balaban J connectivity index is 2.76. The lowest BCUT2D eigenvalue weighted by atomic mass is 10.1. The van der Waals surface area contributed by atoms with E-state index in [2.05, 4.69) is 0 Å². The molecule has 0 fully saturated rings. The first-order chi connectivity index (χ1) is 9.29. The zero-order chi connectivity index (χ0) is 15.3. The van der Waals surface area contributed by atoms with Crippen LogP contribution in [0.5, 0.6) is 5.75 Å². The van der Waals surface area contributed by atoms with Crippen LogP contribution in [0, 0.1) is 21.4 Å². The van der Waals surface area contributed by atoms with Gasteiger partial charge in [-0.05, 0) is 19.9 Å². The summed E-state index contributed by atoms with van der Waals surface area (Å²) >= 11 is 0. The number of carbonyl (C=O) groups is 1. The fourth-order valence-corrected chi connectivity index (χ4v) is 1.35. The van der Waals surface area contributed by atoms with Gasteiger partial charge in [-0.2, -0.15) is 5.26 Å². The third kappa shape index (κ3) is 3.45. The minimum atomic E-state index is -0.969. The number of benzene rings is 1. The molecule has 0 heterocycles. The highest BCUT2D eigenvalue weighted by Gasteiger charge is 2.27.